The molecule has 0 radical (unpaired) electrons. The lowest BCUT2D eigenvalue weighted by molar-refractivity contribution is -0.108. The molecule has 0 aromatic carbocycles. The number of aliphatic hydroxyl groups is 2. The molecule has 0 aliphatic heterocycles. The van der Waals surface area contributed by atoms with Crippen LogP contribution in [0.25, 0.3) is 0 Å². The zero-order chi connectivity index (χ0) is 13.1. The van der Waals surface area contributed by atoms with Crippen molar-refractivity contribution in [3.63, 3.8) is 0 Å². The van der Waals surface area contributed by atoms with E-state index in [1.165, 1.54) is 12.2 Å². The van der Waals surface area contributed by atoms with Gasteiger partial charge in [0.1, 0.15) is 27.3 Å². The highest BCUT2D eigenvalue weighted by molar-refractivity contribution is 7.04. The van der Waals surface area contributed by atoms with Crippen LogP contribution in [0.5, 0.6) is 0 Å². The molecule has 0 aromatic heterocycles. The maximum atomic E-state index is 11.6. The van der Waals surface area contributed by atoms with E-state index in [0.717, 1.165) is 0 Å². The maximum Gasteiger partial charge on any atom is 0.136 e. The molecule has 0 spiro atoms. The van der Waals surface area contributed by atoms with Crippen LogP contribution in [-0.2, 0) is 4.79 Å². The highest BCUT2D eigenvalue weighted by atomic mass is 28.3. The summed E-state index contributed by atoms with van der Waals surface area (Å²) in [7, 11) is -3.70. The lowest BCUT2D eigenvalue weighted by Crippen LogP contribution is -2.31. The average molecular weight is 258 g/mol. The Hall–Kier alpha value is -0.816. The smallest absolute Gasteiger partial charge is 0.136 e. The predicted molar refractivity (Wildman–Crippen MR) is 73.1 cm³/mol. The Morgan fingerprint density at radius 3 is 1.62 bits per heavy atom. The van der Waals surface area contributed by atoms with Gasteiger partial charge >= 0.3 is 0 Å². The Balaban J connectivity index is 4.91. The third-order valence-electron chi connectivity index (χ3n) is 2.07. The van der Waals surface area contributed by atoms with E-state index in [0.29, 0.717) is 0 Å². The molecule has 0 rings (SSSR count). The Morgan fingerprint density at radius 2 is 1.31 bits per heavy atom. The summed E-state index contributed by atoms with van der Waals surface area (Å²) in [6.07, 6.45) is 2.52. The first-order valence-corrected chi connectivity index (χ1v) is 12.3. The topological polar surface area (TPSA) is 57.5 Å². The Bertz CT molecular complexity index is 330. The summed E-state index contributed by atoms with van der Waals surface area (Å²) < 4.78 is 0. The third-order valence-corrected chi connectivity index (χ3v) is 5.38. The standard InChI is InChI=1S/C11H22O3Si2/c1-15(2,3)10(13)7-9(12)8-11(14)16(4,5)6/h7-8,12-13H,1-6H3/b9-8-,10-7+. The lowest BCUT2D eigenvalue weighted by atomic mass is 10.4. The van der Waals surface area contributed by atoms with Gasteiger partial charge in [0.05, 0.1) is 5.38 Å². The van der Waals surface area contributed by atoms with Gasteiger partial charge in [-0.05, 0) is 0 Å². The highest BCUT2D eigenvalue weighted by Crippen LogP contribution is 2.13. The van der Waals surface area contributed by atoms with E-state index in [4.69, 9.17) is 0 Å². The second kappa shape index (κ2) is 5.01. The summed E-state index contributed by atoms with van der Waals surface area (Å²) >= 11 is 0. The van der Waals surface area contributed by atoms with Crippen molar-refractivity contribution >= 4 is 21.6 Å². The summed E-state index contributed by atoms with van der Waals surface area (Å²) in [6.45, 7) is 11.6. The fourth-order valence-electron chi connectivity index (χ4n) is 0.749. The van der Waals surface area contributed by atoms with Crippen LogP contribution in [0.4, 0.5) is 0 Å². The van der Waals surface area contributed by atoms with Crippen LogP contribution in [0, 0.1) is 0 Å². The Labute approximate surface area is 99.5 Å². The predicted octanol–water partition coefficient (Wildman–Crippen LogP) is 3.19. The van der Waals surface area contributed by atoms with Crippen LogP contribution in [0.3, 0.4) is 0 Å². The number of carbonyl (C=O) groups excluding carboxylic acids is 1. The van der Waals surface area contributed by atoms with Crippen molar-refractivity contribution in [3.05, 3.63) is 23.3 Å². The fourth-order valence-corrected chi connectivity index (χ4v) is 1.91. The molecule has 0 saturated carbocycles. The highest BCUT2D eigenvalue weighted by Gasteiger charge is 2.23. The minimum Gasteiger partial charge on any atom is -0.517 e. The minimum absolute atomic E-state index is 0.0235. The molecule has 16 heavy (non-hydrogen) atoms. The van der Waals surface area contributed by atoms with E-state index in [-0.39, 0.29) is 16.5 Å². The van der Waals surface area contributed by atoms with Crippen molar-refractivity contribution in [1.29, 1.82) is 0 Å². The van der Waals surface area contributed by atoms with Crippen LogP contribution < -0.4 is 0 Å². The van der Waals surface area contributed by atoms with Crippen LogP contribution in [0.15, 0.2) is 23.3 Å². The molecule has 0 aliphatic carbocycles. The van der Waals surface area contributed by atoms with Gasteiger partial charge in [-0.15, -0.1) is 0 Å². The molecule has 0 atom stereocenters. The van der Waals surface area contributed by atoms with E-state index in [9.17, 15) is 15.0 Å². The summed E-state index contributed by atoms with van der Waals surface area (Å²) in [6, 6.07) is 0. The van der Waals surface area contributed by atoms with Crippen molar-refractivity contribution in [1.82, 2.24) is 0 Å². The third kappa shape index (κ3) is 5.32. The fraction of sp³-hybridized carbons (Fsp3) is 0.545. The van der Waals surface area contributed by atoms with Crippen LogP contribution in [0.2, 0.25) is 39.3 Å². The molecule has 0 fully saturated rings. The van der Waals surface area contributed by atoms with Crippen molar-refractivity contribution in [2.24, 2.45) is 0 Å². The molecular formula is C11H22O3Si2. The minimum atomic E-state index is -1.90. The number of allylic oxidation sites excluding steroid dienone is 2. The van der Waals surface area contributed by atoms with Crippen molar-refractivity contribution in [3.8, 4) is 0 Å². The van der Waals surface area contributed by atoms with E-state index in [2.05, 4.69) is 0 Å². The zero-order valence-electron chi connectivity index (χ0n) is 11.0. The molecule has 0 saturated heterocycles. The van der Waals surface area contributed by atoms with Gasteiger partial charge in [0.15, 0.2) is 0 Å². The molecule has 0 amide bonds. The molecule has 0 unspecified atom stereocenters. The van der Waals surface area contributed by atoms with Crippen molar-refractivity contribution in [2.45, 2.75) is 39.3 Å². The monoisotopic (exact) mass is 258 g/mol. The van der Waals surface area contributed by atoms with Crippen LogP contribution in [0.1, 0.15) is 0 Å². The number of hydrogen-bond donors (Lipinski definition) is 2. The van der Waals surface area contributed by atoms with Gasteiger partial charge in [-0.2, -0.15) is 0 Å². The van der Waals surface area contributed by atoms with Gasteiger partial charge in [0.2, 0.25) is 0 Å². The number of carbonyl (C=O) groups is 1. The number of hydrogen-bond acceptors (Lipinski definition) is 3. The first-order valence-electron chi connectivity index (χ1n) is 5.31. The van der Waals surface area contributed by atoms with E-state index in [1.54, 1.807) is 0 Å². The van der Waals surface area contributed by atoms with E-state index >= 15 is 0 Å². The molecule has 92 valence electrons. The zero-order valence-corrected chi connectivity index (χ0v) is 13.0. The van der Waals surface area contributed by atoms with E-state index in [1.807, 2.05) is 39.3 Å². The molecule has 0 aliphatic rings. The molecule has 0 aromatic rings. The summed E-state index contributed by atoms with van der Waals surface area (Å²) in [5, 5.41) is 19.4. The maximum absolute atomic E-state index is 11.6. The average Bonchev–Trinajstić information content (AvgIpc) is 1.99. The first kappa shape index (κ1) is 15.2. The molecular weight excluding hydrogens is 236 g/mol. The quantitative estimate of drug-likeness (QED) is 0.352. The molecule has 3 nitrogen and oxygen atoms in total. The number of rotatable bonds is 4. The largest absolute Gasteiger partial charge is 0.517 e. The number of aliphatic hydroxyl groups excluding tert-OH is 2. The summed E-state index contributed by atoms with van der Waals surface area (Å²) in [4.78, 5) is 11.6. The van der Waals surface area contributed by atoms with Gasteiger partial charge < -0.3 is 15.0 Å². The van der Waals surface area contributed by atoms with Gasteiger partial charge in [0.25, 0.3) is 0 Å². The van der Waals surface area contributed by atoms with Gasteiger partial charge in [-0.25, -0.2) is 0 Å². The van der Waals surface area contributed by atoms with Crippen LogP contribution in [-0.4, -0.2) is 31.8 Å². The van der Waals surface area contributed by atoms with Crippen molar-refractivity contribution in [2.75, 3.05) is 0 Å². The van der Waals surface area contributed by atoms with E-state index < -0.39 is 16.1 Å². The second-order valence-electron chi connectivity index (χ2n) is 5.96. The normalized spacial score (nSPS) is 15.1. The second-order valence-corrected chi connectivity index (χ2v) is 16.0. The Kier molecular flexibility index (Phi) is 4.75. The molecule has 2 N–H and O–H groups in total. The van der Waals surface area contributed by atoms with Crippen molar-refractivity contribution < 1.29 is 15.0 Å². The van der Waals surface area contributed by atoms with Gasteiger partial charge in [-0.1, -0.05) is 39.3 Å². The molecule has 0 heterocycles. The Morgan fingerprint density at radius 1 is 0.875 bits per heavy atom. The summed E-state index contributed by atoms with van der Waals surface area (Å²) in [5.74, 6) is -0.146. The first-order chi connectivity index (χ1) is 6.94. The lowest BCUT2D eigenvalue weighted by Gasteiger charge is -2.14. The van der Waals surface area contributed by atoms with Crippen LogP contribution >= 0.6 is 0 Å². The molecule has 5 heteroatoms. The van der Waals surface area contributed by atoms with Gasteiger partial charge in [0, 0.05) is 12.2 Å². The molecule has 0 bridgehead atoms. The summed E-state index contributed by atoms with van der Waals surface area (Å²) in [5.41, 5.74) is 0. The van der Waals surface area contributed by atoms with Gasteiger partial charge in [-0.3, -0.25) is 0 Å². The SMILES string of the molecule is C[Si](C)(C)C(=O)/C=C(O)/C=C(\O)[Si](C)(C)C.